The molecule has 0 saturated carbocycles. The van der Waals surface area contributed by atoms with Crippen molar-refractivity contribution in [1.29, 1.82) is 0 Å². The summed E-state index contributed by atoms with van der Waals surface area (Å²) in [5, 5.41) is 10.3. The van der Waals surface area contributed by atoms with E-state index in [1.54, 1.807) is 19.1 Å². The van der Waals surface area contributed by atoms with E-state index in [4.69, 9.17) is 11.6 Å². The zero-order chi connectivity index (χ0) is 11.5. The van der Waals surface area contributed by atoms with Crippen molar-refractivity contribution in [3.05, 3.63) is 34.9 Å². The highest BCUT2D eigenvalue weighted by Gasteiger charge is 2.27. The minimum Gasteiger partial charge on any atom is -0.382 e. The van der Waals surface area contributed by atoms with E-state index in [0.29, 0.717) is 11.4 Å². The van der Waals surface area contributed by atoms with Crippen molar-refractivity contribution >= 4 is 17.4 Å². The molecule has 0 radical (unpaired) electrons. The first-order valence-electron chi connectivity index (χ1n) is 4.96. The van der Waals surface area contributed by atoms with E-state index < -0.39 is 5.60 Å². The third-order valence-electron chi connectivity index (χ3n) is 2.60. The highest BCUT2D eigenvalue weighted by molar-refractivity contribution is 6.31. The van der Waals surface area contributed by atoms with Gasteiger partial charge in [0, 0.05) is 11.4 Å². The van der Waals surface area contributed by atoms with Gasteiger partial charge in [0.25, 0.3) is 0 Å². The first-order chi connectivity index (χ1) is 6.97. The van der Waals surface area contributed by atoms with Gasteiger partial charge in [0.05, 0.1) is 0 Å². The van der Waals surface area contributed by atoms with Crippen LogP contribution in [-0.4, -0.2) is 16.5 Å². The topological polar surface area (TPSA) is 37.3 Å². The Morgan fingerprint density at radius 1 is 1.47 bits per heavy atom. The molecule has 0 spiro atoms. The van der Waals surface area contributed by atoms with Crippen molar-refractivity contribution in [2.24, 2.45) is 0 Å². The summed E-state index contributed by atoms with van der Waals surface area (Å²) in [6, 6.07) is 7.18. The van der Waals surface area contributed by atoms with Gasteiger partial charge in [-0.3, -0.25) is 4.79 Å². The Bertz CT molecular complexity index is 358. The molecule has 0 saturated heterocycles. The number of halogens is 1. The molecular formula is C12H15ClO2. The zero-order valence-corrected chi connectivity index (χ0v) is 9.71. The number of benzene rings is 1. The van der Waals surface area contributed by atoms with Crippen molar-refractivity contribution in [2.75, 3.05) is 0 Å². The minimum absolute atomic E-state index is 0.181. The summed E-state index contributed by atoms with van der Waals surface area (Å²) in [6.07, 6.45) is 0.594. The van der Waals surface area contributed by atoms with Crippen molar-refractivity contribution in [1.82, 2.24) is 0 Å². The highest BCUT2D eigenvalue weighted by Crippen LogP contribution is 2.19. The number of hydrogen-bond donors (Lipinski definition) is 1. The Morgan fingerprint density at radius 3 is 2.60 bits per heavy atom. The standard InChI is InChI=1S/C12H15ClO2/c1-3-12(2,15)11(14)8-9-6-4-5-7-10(9)13/h4-7,15H,3,8H2,1-2H3. The molecule has 0 fully saturated rings. The zero-order valence-electron chi connectivity index (χ0n) is 8.96. The van der Waals surface area contributed by atoms with Gasteiger partial charge in [-0.05, 0) is 25.0 Å². The summed E-state index contributed by atoms with van der Waals surface area (Å²) in [6.45, 7) is 3.32. The lowest BCUT2D eigenvalue weighted by atomic mass is 9.93. The number of carbonyl (C=O) groups is 1. The van der Waals surface area contributed by atoms with Crippen LogP contribution in [0.15, 0.2) is 24.3 Å². The van der Waals surface area contributed by atoms with Gasteiger partial charge in [0.1, 0.15) is 5.60 Å². The average Bonchev–Trinajstić information content (AvgIpc) is 2.21. The summed E-state index contributed by atoms with van der Waals surface area (Å²) < 4.78 is 0. The molecule has 15 heavy (non-hydrogen) atoms. The van der Waals surface area contributed by atoms with Gasteiger partial charge in [-0.1, -0.05) is 36.7 Å². The molecule has 0 aliphatic carbocycles. The first kappa shape index (κ1) is 12.2. The lowest BCUT2D eigenvalue weighted by Crippen LogP contribution is -2.35. The van der Waals surface area contributed by atoms with Gasteiger partial charge in [-0.25, -0.2) is 0 Å². The molecule has 0 amide bonds. The van der Waals surface area contributed by atoms with E-state index >= 15 is 0 Å². The molecular weight excluding hydrogens is 212 g/mol. The van der Waals surface area contributed by atoms with Crippen LogP contribution in [0, 0.1) is 0 Å². The van der Waals surface area contributed by atoms with Gasteiger partial charge in [0.15, 0.2) is 5.78 Å². The Balaban J connectivity index is 2.80. The molecule has 0 heterocycles. The van der Waals surface area contributed by atoms with Gasteiger partial charge in [0.2, 0.25) is 0 Å². The van der Waals surface area contributed by atoms with Crippen LogP contribution in [0.4, 0.5) is 0 Å². The second-order valence-electron chi connectivity index (χ2n) is 3.82. The van der Waals surface area contributed by atoms with Gasteiger partial charge >= 0.3 is 0 Å². The van der Waals surface area contributed by atoms with Crippen LogP contribution < -0.4 is 0 Å². The SMILES string of the molecule is CCC(C)(O)C(=O)Cc1ccccc1Cl. The summed E-state index contributed by atoms with van der Waals surface area (Å²) in [5.41, 5.74) is -0.489. The van der Waals surface area contributed by atoms with E-state index in [-0.39, 0.29) is 12.2 Å². The maximum atomic E-state index is 11.7. The Morgan fingerprint density at radius 2 is 2.07 bits per heavy atom. The quantitative estimate of drug-likeness (QED) is 0.857. The molecule has 0 aromatic heterocycles. The first-order valence-corrected chi connectivity index (χ1v) is 5.34. The van der Waals surface area contributed by atoms with Crippen molar-refractivity contribution < 1.29 is 9.90 Å². The molecule has 2 nitrogen and oxygen atoms in total. The van der Waals surface area contributed by atoms with Gasteiger partial charge in [-0.2, -0.15) is 0 Å². The normalized spacial score (nSPS) is 14.7. The maximum absolute atomic E-state index is 11.7. The number of Topliss-reactive ketones (excluding diaryl/α,β-unsaturated/α-hetero) is 1. The smallest absolute Gasteiger partial charge is 0.168 e. The molecule has 0 aliphatic rings. The lowest BCUT2D eigenvalue weighted by molar-refractivity contribution is -0.135. The van der Waals surface area contributed by atoms with E-state index in [2.05, 4.69) is 0 Å². The summed E-state index contributed by atoms with van der Waals surface area (Å²) in [5.74, 6) is -0.196. The molecule has 1 N–H and O–H groups in total. The van der Waals surface area contributed by atoms with Crippen LogP contribution in [0.2, 0.25) is 5.02 Å². The molecule has 1 aromatic carbocycles. The fraction of sp³-hybridized carbons (Fsp3) is 0.417. The maximum Gasteiger partial charge on any atom is 0.168 e. The molecule has 1 aromatic rings. The molecule has 3 heteroatoms. The Labute approximate surface area is 94.9 Å². The number of hydrogen-bond acceptors (Lipinski definition) is 2. The molecule has 0 bridgehead atoms. The van der Waals surface area contributed by atoms with E-state index in [1.807, 2.05) is 12.1 Å². The molecule has 0 aliphatic heterocycles. The van der Waals surface area contributed by atoms with Crippen LogP contribution >= 0.6 is 11.6 Å². The summed E-state index contributed by atoms with van der Waals surface area (Å²) >= 11 is 5.93. The third-order valence-corrected chi connectivity index (χ3v) is 2.97. The molecule has 82 valence electrons. The van der Waals surface area contributed by atoms with Gasteiger partial charge < -0.3 is 5.11 Å². The third kappa shape index (κ3) is 3.05. The summed E-state index contributed by atoms with van der Waals surface area (Å²) in [7, 11) is 0. The fourth-order valence-corrected chi connectivity index (χ4v) is 1.40. The van der Waals surface area contributed by atoms with Crippen LogP contribution in [-0.2, 0) is 11.2 Å². The fourth-order valence-electron chi connectivity index (χ4n) is 1.20. The number of rotatable bonds is 4. The number of carbonyl (C=O) groups excluding carboxylic acids is 1. The minimum atomic E-state index is -1.25. The predicted molar refractivity (Wildman–Crippen MR) is 61.1 cm³/mol. The van der Waals surface area contributed by atoms with Crippen LogP contribution in [0.3, 0.4) is 0 Å². The summed E-state index contributed by atoms with van der Waals surface area (Å²) in [4.78, 5) is 11.7. The lowest BCUT2D eigenvalue weighted by Gasteiger charge is -2.19. The number of aliphatic hydroxyl groups is 1. The average molecular weight is 227 g/mol. The largest absolute Gasteiger partial charge is 0.382 e. The molecule has 1 rings (SSSR count). The van der Waals surface area contributed by atoms with Crippen molar-refractivity contribution in [3.63, 3.8) is 0 Å². The Hall–Kier alpha value is -0.860. The van der Waals surface area contributed by atoms with Crippen LogP contribution in [0.1, 0.15) is 25.8 Å². The van der Waals surface area contributed by atoms with Crippen LogP contribution in [0.5, 0.6) is 0 Å². The second kappa shape index (κ2) is 4.77. The van der Waals surface area contributed by atoms with E-state index in [1.165, 1.54) is 6.92 Å². The number of ketones is 1. The van der Waals surface area contributed by atoms with E-state index in [0.717, 1.165) is 5.56 Å². The molecule has 1 unspecified atom stereocenters. The van der Waals surface area contributed by atoms with Crippen molar-refractivity contribution in [2.45, 2.75) is 32.3 Å². The van der Waals surface area contributed by atoms with Gasteiger partial charge in [-0.15, -0.1) is 0 Å². The van der Waals surface area contributed by atoms with Crippen LogP contribution in [0.25, 0.3) is 0 Å². The highest BCUT2D eigenvalue weighted by atomic mass is 35.5. The van der Waals surface area contributed by atoms with E-state index in [9.17, 15) is 9.90 Å². The second-order valence-corrected chi connectivity index (χ2v) is 4.23. The van der Waals surface area contributed by atoms with Crippen molar-refractivity contribution in [3.8, 4) is 0 Å². The predicted octanol–water partition coefficient (Wildman–Crippen LogP) is 2.61. The Kier molecular flexibility index (Phi) is 3.89. The monoisotopic (exact) mass is 226 g/mol. The molecule has 1 atom stereocenters.